The first-order chi connectivity index (χ1) is 13.6. The van der Waals surface area contributed by atoms with Gasteiger partial charge >= 0.3 is 5.97 Å². The lowest BCUT2D eigenvalue weighted by molar-refractivity contribution is -0.153. The fourth-order valence-electron chi connectivity index (χ4n) is 2.58. The van der Waals surface area contributed by atoms with Gasteiger partial charge in [0.15, 0.2) is 12.7 Å². The monoisotopic (exact) mass is 375 g/mol. The largest absolute Gasteiger partial charge is 0.479 e. The van der Waals surface area contributed by atoms with Gasteiger partial charge in [0, 0.05) is 5.69 Å². The highest BCUT2D eigenvalue weighted by atomic mass is 16.6. The Morgan fingerprint density at radius 2 is 1.39 bits per heavy atom. The first kappa shape index (κ1) is 19.2. The van der Waals surface area contributed by atoms with Crippen LogP contribution < -0.4 is 10.1 Å². The Morgan fingerprint density at radius 3 is 2.04 bits per heavy atom. The third-order valence-corrected chi connectivity index (χ3v) is 4.01. The molecule has 1 amide bonds. The maximum absolute atomic E-state index is 12.0. The summed E-state index contributed by atoms with van der Waals surface area (Å²) >= 11 is 0. The van der Waals surface area contributed by atoms with Crippen LogP contribution in [0.4, 0.5) is 5.69 Å². The molecule has 3 aromatic rings. The van der Waals surface area contributed by atoms with Crippen LogP contribution in [-0.2, 0) is 14.3 Å². The number of rotatable bonds is 7. The fourth-order valence-corrected chi connectivity index (χ4v) is 2.58. The molecule has 5 nitrogen and oxygen atoms in total. The SMILES string of the molecule is C[C@@H](Oc1ccccc1)C(=O)OCC(=O)Nc1ccc(-c2ccccc2)cc1. The predicted molar refractivity (Wildman–Crippen MR) is 108 cm³/mol. The number of hydrogen-bond acceptors (Lipinski definition) is 4. The van der Waals surface area contributed by atoms with Crippen LogP contribution in [0.25, 0.3) is 11.1 Å². The fraction of sp³-hybridized carbons (Fsp3) is 0.130. The van der Waals surface area contributed by atoms with Crippen LogP contribution in [0.15, 0.2) is 84.9 Å². The van der Waals surface area contributed by atoms with Crippen molar-refractivity contribution in [3.8, 4) is 16.9 Å². The van der Waals surface area contributed by atoms with E-state index in [2.05, 4.69) is 5.32 Å². The Morgan fingerprint density at radius 1 is 0.821 bits per heavy atom. The molecule has 0 unspecified atom stereocenters. The highest BCUT2D eigenvalue weighted by molar-refractivity contribution is 5.93. The van der Waals surface area contributed by atoms with E-state index in [9.17, 15) is 9.59 Å². The number of benzene rings is 3. The van der Waals surface area contributed by atoms with Gasteiger partial charge in [-0.05, 0) is 42.3 Å². The van der Waals surface area contributed by atoms with Crippen molar-refractivity contribution in [2.75, 3.05) is 11.9 Å². The van der Waals surface area contributed by atoms with Gasteiger partial charge in [0.2, 0.25) is 0 Å². The molecule has 0 saturated heterocycles. The molecule has 142 valence electrons. The zero-order valence-corrected chi connectivity index (χ0v) is 15.5. The number of hydrogen-bond donors (Lipinski definition) is 1. The molecule has 0 radical (unpaired) electrons. The molecule has 1 N–H and O–H groups in total. The Hall–Kier alpha value is -3.60. The van der Waals surface area contributed by atoms with Crippen LogP contribution in [0.1, 0.15) is 6.92 Å². The molecule has 0 fully saturated rings. The molecular formula is C23H21NO4. The minimum Gasteiger partial charge on any atom is -0.479 e. The van der Waals surface area contributed by atoms with E-state index in [0.29, 0.717) is 11.4 Å². The summed E-state index contributed by atoms with van der Waals surface area (Å²) in [6.07, 6.45) is -0.805. The van der Waals surface area contributed by atoms with E-state index in [1.54, 1.807) is 19.1 Å². The third kappa shape index (κ3) is 5.45. The van der Waals surface area contributed by atoms with E-state index in [-0.39, 0.29) is 6.61 Å². The van der Waals surface area contributed by atoms with Crippen molar-refractivity contribution in [1.29, 1.82) is 0 Å². The van der Waals surface area contributed by atoms with E-state index >= 15 is 0 Å². The van der Waals surface area contributed by atoms with Gasteiger partial charge < -0.3 is 14.8 Å². The molecule has 28 heavy (non-hydrogen) atoms. The quantitative estimate of drug-likeness (QED) is 0.625. The number of amides is 1. The minimum atomic E-state index is -0.805. The number of anilines is 1. The number of nitrogens with one attached hydrogen (secondary N) is 1. The lowest BCUT2D eigenvalue weighted by Gasteiger charge is -2.14. The van der Waals surface area contributed by atoms with Gasteiger partial charge in [-0.2, -0.15) is 0 Å². The second-order valence-corrected chi connectivity index (χ2v) is 6.17. The van der Waals surface area contributed by atoms with Gasteiger partial charge in [0.05, 0.1) is 0 Å². The molecule has 0 spiro atoms. The number of para-hydroxylation sites is 1. The van der Waals surface area contributed by atoms with Crippen LogP contribution in [0.3, 0.4) is 0 Å². The predicted octanol–water partition coefficient (Wildman–Crippen LogP) is 4.30. The van der Waals surface area contributed by atoms with Crippen molar-refractivity contribution < 1.29 is 19.1 Å². The van der Waals surface area contributed by atoms with Crippen molar-refractivity contribution in [3.05, 3.63) is 84.9 Å². The van der Waals surface area contributed by atoms with E-state index in [0.717, 1.165) is 11.1 Å². The Kier molecular flexibility index (Phi) is 6.41. The molecule has 3 rings (SSSR count). The molecule has 0 bridgehead atoms. The topological polar surface area (TPSA) is 64.6 Å². The normalized spacial score (nSPS) is 11.3. The first-order valence-electron chi connectivity index (χ1n) is 8.95. The average molecular weight is 375 g/mol. The average Bonchev–Trinajstić information content (AvgIpc) is 2.74. The summed E-state index contributed by atoms with van der Waals surface area (Å²) in [5.41, 5.74) is 2.79. The van der Waals surface area contributed by atoms with Gasteiger partial charge in [0.1, 0.15) is 5.75 Å². The summed E-state index contributed by atoms with van der Waals surface area (Å²) in [7, 11) is 0. The molecule has 5 heteroatoms. The number of esters is 1. The molecule has 0 aliphatic heterocycles. The van der Waals surface area contributed by atoms with Crippen molar-refractivity contribution >= 4 is 17.6 Å². The van der Waals surface area contributed by atoms with Crippen molar-refractivity contribution in [2.45, 2.75) is 13.0 Å². The maximum atomic E-state index is 12.0. The van der Waals surface area contributed by atoms with Crippen LogP contribution in [-0.4, -0.2) is 24.6 Å². The van der Waals surface area contributed by atoms with Crippen molar-refractivity contribution in [2.24, 2.45) is 0 Å². The Balaban J connectivity index is 1.47. The van der Waals surface area contributed by atoms with Gasteiger partial charge in [-0.15, -0.1) is 0 Å². The molecular weight excluding hydrogens is 354 g/mol. The van der Waals surface area contributed by atoms with Crippen molar-refractivity contribution in [3.63, 3.8) is 0 Å². The molecule has 0 aromatic heterocycles. The lowest BCUT2D eigenvalue weighted by atomic mass is 10.1. The number of carbonyl (C=O) groups is 2. The Labute approximate surface area is 163 Å². The Bertz CT molecular complexity index is 908. The number of carbonyl (C=O) groups excluding carboxylic acids is 2. The zero-order chi connectivity index (χ0) is 19.8. The summed E-state index contributed by atoms with van der Waals surface area (Å²) in [5.74, 6) is -0.443. The summed E-state index contributed by atoms with van der Waals surface area (Å²) < 4.78 is 10.5. The summed E-state index contributed by atoms with van der Waals surface area (Å²) in [4.78, 5) is 24.0. The first-order valence-corrected chi connectivity index (χ1v) is 8.95. The summed E-state index contributed by atoms with van der Waals surface area (Å²) in [6.45, 7) is 1.21. The highest BCUT2D eigenvalue weighted by Gasteiger charge is 2.17. The molecule has 0 saturated carbocycles. The highest BCUT2D eigenvalue weighted by Crippen LogP contribution is 2.21. The second kappa shape index (κ2) is 9.37. The minimum absolute atomic E-state index is 0.373. The van der Waals surface area contributed by atoms with E-state index in [1.165, 1.54) is 0 Å². The lowest BCUT2D eigenvalue weighted by Crippen LogP contribution is -2.29. The molecule has 1 atom stereocenters. The third-order valence-electron chi connectivity index (χ3n) is 4.01. The van der Waals surface area contributed by atoms with Gasteiger partial charge in [0.25, 0.3) is 5.91 Å². The zero-order valence-electron chi connectivity index (χ0n) is 15.5. The molecule has 0 aliphatic rings. The van der Waals surface area contributed by atoms with E-state index < -0.39 is 18.0 Å². The van der Waals surface area contributed by atoms with Crippen LogP contribution in [0.2, 0.25) is 0 Å². The summed E-state index contributed by atoms with van der Waals surface area (Å²) in [5, 5.41) is 2.71. The van der Waals surface area contributed by atoms with E-state index in [4.69, 9.17) is 9.47 Å². The van der Waals surface area contributed by atoms with Gasteiger partial charge in [-0.3, -0.25) is 4.79 Å². The molecule has 0 heterocycles. The van der Waals surface area contributed by atoms with Gasteiger partial charge in [-0.25, -0.2) is 4.79 Å². The van der Waals surface area contributed by atoms with Gasteiger partial charge in [-0.1, -0.05) is 60.7 Å². The number of ether oxygens (including phenoxy) is 2. The van der Waals surface area contributed by atoms with Crippen LogP contribution in [0, 0.1) is 0 Å². The summed E-state index contributed by atoms with van der Waals surface area (Å²) in [6, 6.07) is 26.4. The van der Waals surface area contributed by atoms with Crippen LogP contribution >= 0.6 is 0 Å². The second-order valence-electron chi connectivity index (χ2n) is 6.17. The standard InChI is InChI=1S/C23H21NO4/c1-17(28-21-10-6-3-7-11-21)23(26)27-16-22(25)24-20-14-12-19(13-15-20)18-8-4-2-5-9-18/h2-15,17H,16H2,1H3,(H,24,25)/t17-/m1/s1. The molecule has 3 aromatic carbocycles. The van der Waals surface area contributed by atoms with Crippen molar-refractivity contribution in [1.82, 2.24) is 0 Å². The molecule has 0 aliphatic carbocycles. The maximum Gasteiger partial charge on any atom is 0.347 e. The van der Waals surface area contributed by atoms with E-state index in [1.807, 2.05) is 72.8 Å². The van der Waals surface area contributed by atoms with Crippen LogP contribution in [0.5, 0.6) is 5.75 Å². The smallest absolute Gasteiger partial charge is 0.347 e.